The van der Waals surface area contributed by atoms with Crippen molar-refractivity contribution < 1.29 is 18.7 Å². The van der Waals surface area contributed by atoms with Crippen molar-refractivity contribution in [3.8, 4) is 5.75 Å². The Morgan fingerprint density at radius 1 is 1.17 bits per heavy atom. The highest BCUT2D eigenvalue weighted by molar-refractivity contribution is 6.32. The van der Waals surface area contributed by atoms with Gasteiger partial charge in [-0.15, -0.1) is 0 Å². The van der Waals surface area contributed by atoms with Crippen molar-refractivity contribution in [2.24, 2.45) is 0 Å². The molecule has 162 valence electrons. The monoisotopic (exact) mass is 434 g/mol. The van der Waals surface area contributed by atoms with Crippen LogP contribution < -0.4 is 10.1 Å². The molecule has 1 atom stereocenters. The molecule has 0 aromatic heterocycles. The minimum atomic E-state index is -0.702. The molecule has 0 aliphatic carbocycles. The van der Waals surface area contributed by atoms with Crippen LogP contribution >= 0.6 is 11.6 Å². The quantitative estimate of drug-likeness (QED) is 0.635. The first-order valence-electron chi connectivity index (χ1n) is 9.94. The van der Waals surface area contributed by atoms with E-state index in [9.17, 15) is 14.0 Å². The highest BCUT2D eigenvalue weighted by Crippen LogP contribution is 2.26. The van der Waals surface area contributed by atoms with Crippen LogP contribution in [0.5, 0.6) is 5.75 Å². The first kappa shape index (κ1) is 23.7. The van der Waals surface area contributed by atoms with Gasteiger partial charge in [0.2, 0.25) is 5.91 Å². The third-order valence-electron chi connectivity index (χ3n) is 4.75. The fraction of sp³-hybridized carbons (Fsp3) is 0.391. The maximum absolute atomic E-state index is 13.2. The highest BCUT2D eigenvalue weighted by atomic mass is 35.5. The van der Waals surface area contributed by atoms with Gasteiger partial charge < -0.3 is 15.0 Å². The van der Waals surface area contributed by atoms with Crippen LogP contribution in [0.1, 0.15) is 37.0 Å². The number of ether oxygens (including phenoxy) is 1. The molecule has 2 rings (SSSR count). The average molecular weight is 435 g/mol. The number of rotatable bonds is 9. The van der Waals surface area contributed by atoms with Crippen LogP contribution in [-0.2, 0) is 16.1 Å². The van der Waals surface area contributed by atoms with Crippen LogP contribution in [0.25, 0.3) is 0 Å². The number of nitrogens with zero attached hydrogens (tertiary/aromatic N) is 1. The van der Waals surface area contributed by atoms with Crippen molar-refractivity contribution in [1.29, 1.82) is 0 Å². The van der Waals surface area contributed by atoms with E-state index >= 15 is 0 Å². The van der Waals surface area contributed by atoms with Crippen LogP contribution in [0.2, 0.25) is 5.02 Å². The number of hydrogen-bond donors (Lipinski definition) is 1. The predicted molar refractivity (Wildman–Crippen MR) is 116 cm³/mol. The molecule has 7 heteroatoms. The van der Waals surface area contributed by atoms with Crippen molar-refractivity contribution in [1.82, 2.24) is 10.2 Å². The van der Waals surface area contributed by atoms with Gasteiger partial charge >= 0.3 is 0 Å². The van der Waals surface area contributed by atoms with Crippen LogP contribution in [-0.4, -0.2) is 35.9 Å². The topological polar surface area (TPSA) is 58.6 Å². The number of hydrogen-bond acceptors (Lipinski definition) is 3. The van der Waals surface area contributed by atoms with Crippen molar-refractivity contribution >= 4 is 23.4 Å². The molecule has 0 fully saturated rings. The van der Waals surface area contributed by atoms with Gasteiger partial charge in [-0.05, 0) is 68.1 Å². The van der Waals surface area contributed by atoms with Crippen molar-refractivity contribution in [3.05, 3.63) is 63.9 Å². The summed E-state index contributed by atoms with van der Waals surface area (Å²) in [4.78, 5) is 26.9. The predicted octanol–water partition coefficient (Wildman–Crippen LogP) is 4.42. The lowest BCUT2D eigenvalue weighted by Crippen LogP contribution is -2.49. The summed E-state index contributed by atoms with van der Waals surface area (Å²) in [5.74, 6) is -0.413. The Morgan fingerprint density at radius 3 is 2.33 bits per heavy atom. The zero-order valence-corrected chi connectivity index (χ0v) is 18.6. The van der Waals surface area contributed by atoms with E-state index in [1.807, 2.05) is 20.8 Å². The Kier molecular flexibility index (Phi) is 8.66. The molecule has 0 radical (unpaired) electrons. The number of nitrogens with one attached hydrogen (secondary N) is 1. The summed E-state index contributed by atoms with van der Waals surface area (Å²) in [6, 6.07) is 8.68. The molecule has 0 heterocycles. The summed E-state index contributed by atoms with van der Waals surface area (Å²) in [7, 11) is 0. The van der Waals surface area contributed by atoms with Crippen LogP contribution in [0.4, 0.5) is 4.39 Å². The second-order valence-electron chi connectivity index (χ2n) is 7.27. The number of carbonyl (C=O) groups is 2. The van der Waals surface area contributed by atoms with Crippen LogP contribution in [0, 0.1) is 19.7 Å². The molecule has 2 aromatic carbocycles. The zero-order chi connectivity index (χ0) is 22.3. The van der Waals surface area contributed by atoms with Gasteiger partial charge in [-0.25, -0.2) is 4.39 Å². The Balaban J connectivity index is 2.16. The molecule has 0 bridgehead atoms. The lowest BCUT2D eigenvalue weighted by Gasteiger charge is -2.28. The molecule has 2 aromatic rings. The third-order valence-corrected chi connectivity index (χ3v) is 5.35. The standard InChI is InChI=1S/C23H28ClFN2O3/c1-5-10-26-23(29)17(4)27(13-18-6-8-19(25)9-7-18)21(28)14-30-20-11-15(2)22(24)16(3)12-20/h6-9,11-12,17H,5,10,13-14H2,1-4H3,(H,26,29)/t17-/m1/s1. The highest BCUT2D eigenvalue weighted by Gasteiger charge is 2.26. The zero-order valence-electron chi connectivity index (χ0n) is 17.8. The third kappa shape index (κ3) is 6.46. The maximum atomic E-state index is 13.2. The van der Waals surface area contributed by atoms with E-state index in [4.69, 9.17) is 16.3 Å². The van der Waals surface area contributed by atoms with Crippen molar-refractivity contribution in [3.63, 3.8) is 0 Å². The number of aryl methyl sites for hydroxylation is 2. The Hall–Kier alpha value is -2.60. The van der Waals surface area contributed by atoms with Gasteiger partial charge in [-0.3, -0.25) is 9.59 Å². The molecule has 5 nitrogen and oxygen atoms in total. The van der Waals surface area contributed by atoms with Gasteiger partial charge in [-0.2, -0.15) is 0 Å². The molecule has 0 unspecified atom stereocenters. The first-order valence-corrected chi connectivity index (χ1v) is 10.3. The number of benzene rings is 2. The van der Waals surface area contributed by atoms with E-state index in [0.717, 1.165) is 23.1 Å². The SMILES string of the molecule is CCCNC(=O)[C@@H](C)N(Cc1ccc(F)cc1)C(=O)COc1cc(C)c(Cl)c(C)c1. The summed E-state index contributed by atoms with van der Waals surface area (Å²) < 4.78 is 18.9. The second-order valence-corrected chi connectivity index (χ2v) is 7.65. The largest absolute Gasteiger partial charge is 0.484 e. The van der Waals surface area contributed by atoms with Crippen LogP contribution in [0.3, 0.4) is 0 Å². The summed E-state index contributed by atoms with van der Waals surface area (Å²) >= 11 is 6.18. The molecule has 0 aliphatic rings. The van der Waals surface area contributed by atoms with Gasteiger partial charge in [0.25, 0.3) is 5.91 Å². The normalized spacial score (nSPS) is 11.7. The van der Waals surface area contributed by atoms with Gasteiger partial charge in [0, 0.05) is 18.1 Å². The minimum absolute atomic E-state index is 0.169. The van der Waals surface area contributed by atoms with E-state index in [-0.39, 0.29) is 30.8 Å². The van der Waals surface area contributed by atoms with E-state index in [2.05, 4.69) is 5.32 Å². The van der Waals surface area contributed by atoms with E-state index in [1.165, 1.54) is 17.0 Å². The molecule has 0 saturated carbocycles. The molecular weight excluding hydrogens is 407 g/mol. The smallest absolute Gasteiger partial charge is 0.261 e. The summed E-state index contributed by atoms with van der Waals surface area (Å²) in [5, 5.41) is 3.47. The van der Waals surface area contributed by atoms with E-state index < -0.39 is 6.04 Å². The molecule has 0 saturated heterocycles. The molecule has 1 N–H and O–H groups in total. The molecular formula is C23H28ClFN2O3. The first-order chi connectivity index (χ1) is 14.2. The minimum Gasteiger partial charge on any atom is -0.484 e. The van der Waals surface area contributed by atoms with E-state index in [1.54, 1.807) is 31.2 Å². The Morgan fingerprint density at radius 2 is 1.77 bits per heavy atom. The maximum Gasteiger partial charge on any atom is 0.261 e. The van der Waals surface area contributed by atoms with Gasteiger partial charge in [0.15, 0.2) is 6.61 Å². The fourth-order valence-electron chi connectivity index (χ4n) is 2.98. The Labute approximate surface area is 182 Å². The van der Waals surface area contributed by atoms with Crippen molar-refractivity contribution in [2.45, 2.75) is 46.7 Å². The van der Waals surface area contributed by atoms with Gasteiger partial charge in [0.05, 0.1) is 0 Å². The van der Waals surface area contributed by atoms with Crippen LogP contribution in [0.15, 0.2) is 36.4 Å². The molecule has 0 aliphatic heterocycles. The fourth-order valence-corrected chi connectivity index (χ4v) is 3.09. The lowest BCUT2D eigenvalue weighted by molar-refractivity contribution is -0.142. The van der Waals surface area contributed by atoms with Gasteiger partial charge in [0.1, 0.15) is 17.6 Å². The summed E-state index contributed by atoms with van der Waals surface area (Å²) in [6.45, 7) is 7.83. The summed E-state index contributed by atoms with van der Waals surface area (Å²) in [5.41, 5.74) is 2.43. The summed E-state index contributed by atoms with van der Waals surface area (Å²) in [6.07, 6.45) is 0.794. The Bertz CT molecular complexity index is 864. The van der Waals surface area contributed by atoms with E-state index in [0.29, 0.717) is 17.3 Å². The van der Waals surface area contributed by atoms with Gasteiger partial charge in [-0.1, -0.05) is 30.7 Å². The number of amides is 2. The molecule has 2 amide bonds. The lowest BCUT2D eigenvalue weighted by atomic mass is 10.1. The second kappa shape index (κ2) is 11.0. The van der Waals surface area contributed by atoms with Crippen molar-refractivity contribution in [2.75, 3.05) is 13.2 Å². The number of halogens is 2. The average Bonchev–Trinajstić information content (AvgIpc) is 2.73. The number of carbonyl (C=O) groups excluding carboxylic acids is 2. The molecule has 30 heavy (non-hydrogen) atoms. The molecule has 0 spiro atoms.